The number of carbonyl (C=O) groups excluding carboxylic acids is 1. The van der Waals surface area contributed by atoms with Crippen LogP contribution in [0.5, 0.6) is 5.75 Å². The van der Waals surface area contributed by atoms with Crippen molar-refractivity contribution in [3.63, 3.8) is 0 Å². The van der Waals surface area contributed by atoms with Gasteiger partial charge in [0.15, 0.2) is 5.76 Å². The van der Waals surface area contributed by atoms with Crippen molar-refractivity contribution in [1.82, 2.24) is 4.90 Å². The molecule has 4 nitrogen and oxygen atoms in total. The maximum absolute atomic E-state index is 13.4. The van der Waals surface area contributed by atoms with Crippen LogP contribution < -0.4 is 4.74 Å². The van der Waals surface area contributed by atoms with Gasteiger partial charge in [0, 0.05) is 12.1 Å². The van der Waals surface area contributed by atoms with E-state index in [2.05, 4.69) is 6.92 Å². The number of ether oxygens (including phenoxy) is 1. The zero-order valence-electron chi connectivity index (χ0n) is 17.5. The lowest BCUT2D eigenvalue weighted by atomic mass is 9.92. The fourth-order valence-electron chi connectivity index (χ4n) is 3.95. The third-order valence-electron chi connectivity index (χ3n) is 5.67. The van der Waals surface area contributed by atoms with Gasteiger partial charge in [0.25, 0.3) is 5.91 Å². The Bertz CT molecular complexity index is 1100. The van der Waals surface area contributed by atoms with Crippen molar-refractivity contribution in [2.75, 3.05) is 7.11 Å². The quantitative estimate of drug-likeness (QED) is 0.580. The summed E-state index contributed by atoms with van der Waals surface area (Å²) in [4.78, 5) is 14.7. The monoisotopic (exact) mass is 417 g/mol. The van der Waals surface area contributed by atoms with Gasteiger partial charge >= 0.3 is 0 Å². The predicted molar refractivity (Wildman–Crippen MR) is 118 cm³/mol. The summed E-state index contributed by atoms with van der Waals surface area (Å²) >= 11 is 0. The number of hydrogen-bond acceptors (Lipinski definition) is 3. The van der Waals surface area contributed by atoms with Crippen molar-refractivity contribution >= 4 is 11.5 Å². The summed E-state index contributed by atoms with van der Waals surface area (Å²) < 4.78 is 18.6. The van der Waals surface area contributed by atoms with E-state index in [0.29, 0.717) is 11.3 Å². The number of rotatable bonds is 6. The van der Waals surface area contributed by atoms with Gasteiger partial charge in [-0.15, -0.1) is 0 Å². The Labute approximate surface area is 181 Å². The van der Waals surface area contributed by atoms with Gasteiger partial charge in [-0.25, -0.2) is 4.39 Å². The van der Waals surface area contributed by atoms with E-state index in [4.69, 9.17) is 4.74 Å². The van der Waals surface area contributed by atoms with Crippen LogP contribution in [0.3, 0.4) is 0 Å². The fourth-order valence-corrected chi connectivity index (χ4v) is 3.95. The topological polar surface area (TPSA) is 49.8 Å². The number of hydrogen-bond donors (Lipinski definition) is 1. The van der Waals surface area contributed by atoms with Gasteiger partial charge in [0.1, 0.15) is 11.6 Å². The molecular formula is C26H24FNO3. The summed E-state index contributed by atoms with van der Waals surface area (Å²) in [7, 11) is 1.59. The number of aryl methyl sites for hydroxylation is 1. The number of aliphatic hydroxyl groups is 1. The van der Waals surface area contributed by atoms with Crippen LogP contribution >= 0.6 is 0 Å². The molecule has 0 saturated heterocycles. The Kier molecular flexibility index (Phi) is 5.76. The number of benzene rings is 3. The molecule has 3 aromatic carbocycles. The van der Waals surface area contributed by atoms with E-state index >= 15 is 0 Å². The van der Waals surface area contributed by atoms with E-state index in [1.54, 1.807) is 36.3 Å². The van der Waals surface area contributed by atoms with Crippen LogP contribution in [0.2, 0.25) is 0 Å². The number of methoxy groups -OCH3 is 1. The third-order valence-corrected chi connectivity index (χ3v) is 5.67. The number of halogens is 1. The number of carbonyl (C=O) groups is 1. The molecule has 0 radical (unpaired) electrons. The molecule has 158 valence electrons. The molecule has 4 rings (SSSR count). The molecule has 1 atom stereocenters. The highest BCUT2D eigenvalue weighted by molar-refractivity contribution is 6.05. The van der Waals surface area contributed by atoms with Crippen LogP contribution in [-0.2, 0) is 17.8 Å². The molecule has 1 aliphatic rings. The smallest absolute Gasteiger partial charge is 0.290 e. The molecule has 0 aliphatic carbocycles. The molecular weight excluding hydrogens is 393 g/mol. The van der Waals surface area contributed by atoms with Crippen molar-refractivity contribution in [3.8, 4) is 5.75 Å². The fraction of sp³-hybridized carbons (Fsp3) is 0.192. The van der Waals surface area contributed by atoms with Crippen LogP contribution in [0.4, 0.5) is 4.39 Å². The molecule has 0 unspecified atom stereocenters. The van der Waals surface area contributed by atoms with Crippen LogP contribution in [-0.4, -0.2) is 23.0 Å². The van der Waals surface area contributed by atoms with Gasteiger partial charge in [-0.3, -0.25) is 4.79 Å². The Morgan fingerprint density at radius 2 is 1.55 bits per heavy atom. The molecule has 0 bridgehead atoms. The van der Waals surface area contributed by atoms with Crippen molar-refractivity contribution in [2.45, 2.75) is 25.9 Å². The number of aliphatic hydroxyl groups excluding tert-OH is 1. The molecule has 0 aromatic heterocycles. The predicted octanol–water partition coefficient (Wildman–Crippen LogP) is 5.45. The summed E-state index contributed by atoms with van der Waals surface area (Å²) in [6, 6.07) is 21.0. The SMILES string of the molecule is CCc1ccc([C@@H]2C(c3ccc(OC)cc3)=C(O)C(=O)N2Cc2ccc(F)cc2)cc1. The number of nitrogens with zero attached hydrogens (tertiary/aromatic N) is 1. The second-order valence-electron chi connectivity index (χ2n) is 7.55. The molecule has 1 N–H and O–H groups in total. The highest BCUT2D eigenvalue weighted by Gasteiger charge is 2.41. The summed E-state index contributed by atoms with van der Waals surface area (Å²) in [6.07, 6.45) is 0.912. The Balaban J connectivity index is 1.78. The summed E-state index contributed by atoms with van der Waals surface area (Å²) in [5.41, 5.74) is 4.19. The van der Waals surface area contributed by atoms with E-state index in [9.17, 15) is 14.3 Å². The summed E-state index contributed by atoms with van der Waals surface area (Å²) in [6.45, 7) is 2.34. The van der Waals surface area contributed by atoms with Gasteiger partial charge in [-0.05, 0) is 52.9 Å². The minimum Gasteiger partial charge on any atom is -0.503 e. The van der Waals surface area contributed by atoms with Crippen LogP contribution in [0.1, 0.15) is 35.2 Å². The van der Waals surface area contributed by atoms with Crippen LogP contribution in [0.15, 0.2) is 78.6 Å². The maximum atomic E-state index is 13.4. The maximum Gasteiger partial charge on any atom is 0.290 e. The lowest BCUT2D eigenvalue weighted by molar-refractivity contribution is -0.130. The van der Waals surface area contributed by atoms with Crippen LogP contribution in [0, 0.1) is 5.82 Å². The first-order chi connectivity index (χ1) is 15.0. The highest BCUT2D eigenvalue weighted by Crippen LogP contribution is 2.44. The van der Waals surface area contributed by atoms with Gasteiger partial charge in [-0.2, -0.15) is 0 Å². The molecule has 1 aliphatic heterocycles. The average Bonchev–Trinajstić information content (AvgIpc) is 3.05. The first kappa shape index (κ1) is 20.7. The van der Waals surface area contributed by atoms with Gasteiger partial charge < -0.3 is 14.7 Å². The lowest BCUT2D eigenvalue weighted by Crippen LogP contribution is -2.29. The second-order valence-corrected chi connectivity index (χ2v) is 7.55. The largest absolute Gasteiger partial charge is 0.503 e. The van der Waals surface area contributed by atoms with Crippen molar-refractivity contribution < 1.29 is 19.0 Å². The zero-order valence-corrected chi connectivity index (χ0v) is 17.5. The van der Waals surface area contributed by atoms with Crippen molar-refractivity contribution in [2.24, 2.45) is 0 Å². The van der Waals surface area contributed by atoms with Crippen molar-refractivity contribution in [1.29, 1.82) is 0 Å². The van der Waals surface area contributed by atoms with E-state index in [0.717, 1.165) is 23.1 Å². The van der Waals surface area contributed by atoms with E-state index in [1.807, 2.05) is 36.4 Å². The van der Waals surface area contributed by atoms with E-state index < -0.39 is 11.9 Å². The highest BCUT2D eigenvalue weighted by atomic mass is 19.1. The average molecular weight is 417 g/mol. The molecule has 0 fully saturated rings. The first-order valence-corrected chi connectivity index (χ1v) is 10.2. The normalized spacial score (nSPS) is 16.2. The Hall–Kier alpha value is -3.60. The minimum atomic E-state index is -0.461. The molecule has 5 heteroatoms. The molecule has 1 amide bonds. The molecule has 0 spiro atoms. The second kappa shape index (κ2) is 8.64. The first-order valence-electron chi connectivity index (χ1n) is 10.2. The van der Waals surface area contributed by atoms with Gasteiger partial charge in [0.2, 0.25) is 0 Å². The van der Waals surface area contributed by atoms with Crippen molar-refractivity contribution in [3.05, 3.63) is 107 Å². The molecule has 0 saturated carbocycles. The summed E-state index contributed by atoms with van der Waals surface area (Å²) in [5, 5.41) is 10.9. The number of amides is 1. The van der Waals surface area contributed by atoms with E-state index in [-0.39, 0.29) is 18.1 Å². The standard InChI is InChI=1S/C26H24FNO3/c1-3-17-4-8-20(9-5-17)24-23(19-10-14-22(31-2)15-11-19)25(29)26(30)28(24)16-18-6-12-21(27)13-7-18/h4-15,24,29H,3,16H2,1-2H3/t24-/m1/s1. The Morgan fingerprint density at radius 1 is 0.935 bits per heavy atom. The zero-order chi connectivity index (χ0) is 22.0. The lowest BCUT2D eigenvalue weighted by Gasteiger charge is -2.27. The third kappa shape index (κ3) is 4.04. The van der Waals surface area contributed by atoms with Gasteiger partial charge in [-0.1, -0.05) is 55.5 Å². The summed E-state index contributed by atoms with van der Waals surface area (Å²) in [5.74, 6) is -0.347. The van der Waals surface area contributed by atoms with Gasteiger partial charge in [0.05, 0.1) is 13.2 Å². The molecule has 31 heavy (non-hydrogen) atoms. The van der Waals surface area contributed by atoms with E-state index in [1.165, 1.54) is 17.7 Å². The molecule has 3 aromatic rings. The Morgan fingerprint density at radius 3 is 2.13 bits per heavy atom. The van der Waals surface area contributed by atoms with Crippen LogP contribution in [0.25, 0.3) is 5.57 Å². The molecule has 1 heterocycles. The minimum absolute atomic E-state index is 0.253.